The van der Waals surface area contributed by atoms with E-state index in [1.807, 2.05) is 54.6 Å². The number of anilines is 3. The minimum atomic E-state index is 0.113. The molecule has 140 valence electrons. The monoisotopic (exact) mass is 375 g/mol. The van der Waals surface area contributed by atoms with Crippen LogP contribution in [0.4, 0.5) is 17.6 Å². The average Bonchev–Trinajstić information content (AvgIpc) is 3.17. The Morgan fingerprint density at radius 2 is 1.71 bits per heavy atom. The highest BCUT2D eigenvalue weighted by atomic mass is 16.5. The zero-order valence-electron chi connectivity index (χ0n) is 15.0. The predicted molar refractivity (Wildman–Crippen MR) is 103 cm³/mol. The van der Waals surface area contributed by atoms with Gasteiger partial charge in [0.1, 0.15) is 11.6 Å². The van der Waals surface area contributed by atoms with Crippen LogP contribution in [0.15, 0.2) is 59.1 Å². The van der Waals surface area contributed by atoms with Gasteiger partial charge in [0.25, 0.3) is 5.89 Å². The Hall–Kier alpha value is -4.01. The number of methoxy groups -OCH3 is 1. The molecule has 0 saturated carbocycles. The lowest BCUT2D eigenvalue weighted by molar-refractivity contribution is 0.414. The molecular weight excluding hydrogens is 358 g/mol. The predicted octanol–water partition coefficient (Wildman–Crippen LogP) is 2.85. The van der Waals surface area contributed by atoms with Gasteiger partial charge >= 0.3 is 0 Å². The Labute approximate surface area is 160 Å². The van der Waals surface area contributed by atoms with Gasteiger partial charge in [-0.05, 0) is 36.4 Å². The third-order valence-electron chi connectivity index (χ3n) is 3.85. The fraction of sp³-hybridized carbons (Fsp3) is 0.105. The Morgan fingerprint density at radius 3 is 2.46 bits per heavy atom. The van der Waals surface area contributed by atoms with Gasteiger partial charge in [0.05, 0.1) is 13.5 Å². The number of nitrogens with one attached hydrogen (secondary N) is 1. The van der Waals surface area contributed by atoms with Crippen molar-refractivity contribution in [3.05, 3.63) is 66.2 Å². The summed E-state index contributed by atoms with van der Waals surface area (Å²) in [4.78, 5) is 17.0. The molecule has 0 aliphatic rings. The van der Waals surface area contributed by atoms with Crippen LogP contribution in [0.25, 0.3) is 11.5 Å². The first-order valence-electron chi connectivity index (χ1n) is 8.49. The summed E-state index contributed by atoms with van der Waals surface area (Å²) in [6, 6.07) is 16.9. The van der Waals surface area contributed by atoms with E-state index in [-0.39, 0.29) is 12.4 Å². The molecule has 0 fully saturated rings. The molecule has 4 aromatic rings. The van der Waals surface area contributed by atoms with Crippen molar-refractivity contribution in [2.45, 2.75) is 6.42 Å². The molecule has 0 unspecified atom stereocenters. The van der Waals surface area contributed by atoms with Crippen LogP contribution in [-0.2, 0) is 6.42 Å². The second-order valence-electron chi connectivity index (χ2n) is 5.85. The van der Waals surface area contributed by atoms with Crippen LogP contribution in [0.5, 0.6) is 5.75 Å². The van der Waals surface area contributed by atoms with Crippen LogP contribution in [0.2, 0.25) is 0 Å². The van der Waals surface area contributed by atoms with Gasteiger partial charge in [0, 0.05) is 11.3 Å². The molecule has 0 saturated heterocycles. The Balaban J connectivity index is 1.52. The number of nitrogens with two attached hydrogens (primary N) is 1. The minimum absolute atomic E-state index is 0.113. The Bertz CT molecular complexity index is 1070. The molecule has 0 amide bonds. The number of benzene rings is 2. The minimum Gasteiger partial charge on any atom is -0.497 e. The fourth-order valence-electron chi connectivity index (χ4n) is 2.54. The van der Waals surface area contributed by atoms with Crippen molar-refractivity contribution in [2.24, 2.45) is 0 Å². The van der Waals surface area contributed by atoms with Crippen molar-refractivity contribution in [2.75, 3.05) is 18.2 Å². The van der Waals surface area contributed by atoms with Gasteiger partial charge in [-0.25, -0.2) is 0 Å². The summed E-state index contributed by atoms with van der Waals surface area (Å²) in [7, 11) is 1.61. The number of ether oxygens (including phenoxy) is 1. The van der Waals surface area contributed by atoms with Crippen molar-refractivity contribution in [3.63, 3.8) is 0 Å². The second kappa shape index (κ2) is 7.70. The van der Waals surface area contributed by atoms with E-state index in [9.17, 15) is 0 Å². The van der Waals surface area contributed by atoms with Crippen LogP contribution in [0.3, 0.4) is 0 Å². The van der Waals surface area contributed by atoms with Gasteiger partial charge in [-0.1, -0.05) is 23.4 Å². The maximum atomic E-state index is 5.81. The van der Waals surface area contributed by atoms with E-state index in [0.29, 0.717) is 23.5 Å². The van der Waals surface area contributed by atoms with E-state index in [1.165, 1.54) is 0 Å². The summed E-state index contributed by atoms with van der Waals surface area (Å²) in [5.41, 5.74) is 7.45. The topological polar surface area (TPSA) is 125 Å². The molecule has 9 heteroatoms. The lowest BCUT2D eigenvalue weighted by Crippen LogP contribution is -2.08. The SMILES string of the molecule is COc1ccc(-c2nc(Cc3nc(N)nc(Nc4ccccc4)n3)no2)cc1. The smallest absolute Gasteiger partial charge is 0.257 e. The van der Waals surface area contributed by atoms with Crippen molar-refractivity contribution in [1.82, 2.24) is 25.1 Å². The summed E-state index contributed by atoms with van der Waals surface area (Å²) in [6.45, 7) is 0. The maximum absolute atomic E-state index is 5.81. The highest BCUT2D eigenvalue weighted by molar-refractivity contribution is 5.55. The van der Waals surface area contributed by atoms with Gasteiger partial charge in [0.2, 0.25) is 11.9 Å². The third-order valence-corrected chi connectivity index (χ3v) is 3.85. The van der Waals surface area contributed by atoms with Crippen LogP contribution in [-0.4, -0.2) is 32.2 Å². The van der Waals surface area contributed by atoms with Gasteiger partial charge in [-0.3, -0.25) is 0 Å². The van der Waals surface area contributed by atoms with Crippen molar-refractivity contribution in [1.29, 1.82) is 0 Å². The Kier molecular flexibility index (Phi) is 4.79. The van der Waals surface area contributed by atoms with Crippen LogP contribution in [0.1, 0.15) is 11.6 Å². The van der Waals surface area contributed by atoms with Gasteiger partial charge < -0.3 is 20.3 Å². The third kappa shape index (κ3) is 4.04. The molecule has 4 rings (SSSR count). The summed E-state index contributed by atoms with van der Waals surface area (Å²) in [5.74, 6) is 2.51. The van der Waals surface area contributed by atoms with Crippen molar-refractivity contribution >= 4 is 17.6 Å². The lowest BCUT2D eigenvalue weighted by Gasteiger charge is -2.06. The van der Waals surface area contributed by atoms with Crippen LogP contribution < -0.4 is 15.8 Å². The molecule has 2 aromatic heterocycles. The molecule has 9 nitrogen and oxygen atoms in total. The Morgan fingerprint density at radius 1 is 0.929 bits per heavy atom. The summed E-state index contributed by atoms with van der Waals surface area (Å²) < 4.78 is 10.5. The molecule has 2 heterocycles. The van der Waals surface area contributed by atoms with Crippen molar-refractivity contribution in [3.8, 4) is 17.2 Å². The summed E-state index contributed by atoms with van der Waals surface area (Å²) >= 11 is 0. The van der Waals surface area contributed by atoms with Gasteiger partial charge in [-0.2, -0.15) is 19.9 Å². The maximum Gasteiger partial charge on any atom is 0.257 e. The normalized spacial score (nSPS) is 10.6. The number of para-hydroxylation sites is 1. The highest BCUT2D eigenvalue weighted by Gasteiger charge is 2.13. The van der Waals surface area contributed by atoms with E-state index in [2.05, 4.69) is 30.4 Å². The summed E-state index contributed by atoms with van der Waals surface area (Å²) in [6.07, 6.45) is 0.260. The molecule has 0 aliphatic heterocycles. The zero-order valence-corrected chi connectivity index (χ0v) is 15.0. The van der Waals surface area contributed by atoms with Gasteiger partial charge in [0.15, 0.2) is 5.82 Å². The molecule has 0 radical (unpaired) electrons. The first kappa shape index (κ1) is 17.4. The average molecular weight is 375 g/mol. The molecule has 28 heavy (non-hydrogen) atoms. The highest BCUT2D eigenvalue weighted by Crippen LogP contribution is 2.21. The molecular formula is C19H17N7O2. The van der Waals surface area contributed by atoms with Crippen LogP contribution >= 0.6 is 0 Å². The number of nitrogens with zero attached hydrogens (tertiary/aromatic N) is 5. The molecule has 3 N–H and O–H groups in total. The van der Waals surface area contributed by atoms with E-state index >= 15 is 0 Å². The standard InChI is InChI=1S/C19H17N7O2/c1-27-14-9-7-12(8-10-14)17-22-16(26-28-17)11-15-23-18(20)25-19(24-15)21-13-5-3-2-4-6-13/h2-10H,11H2,1H3,(H3,20,21,23,24,25). The first-order valence-corrected chi connectivity index (χ1v) is 8.49. The largest absolute Gasteiger partial charge is 0.497 e. The summed E-state index contributed by atoms with van der Waals surface area (Å²) in [5, 5.41) is 7.09. The molecule has 0 bridgehead atoms. The second-order valence-corrected chi connectivity index (χ2v) is 5.85. The quantitative estimate of drug-likeness (QED) is 0.523. The number of hydrogen-bond acceptors (Lipinski definition) is 9. The zero-order chi connectivity index (χ0) is 19.3. The molecule has 0 atom stereocenters. The number of nitrogen functional groups attached to an aromatic ring is 1. The molecule has 2 aromatic carbocycles. The van der Waals surface area contributed by atoms with Gasteiger partial charge in [-0.15, -0.1) is 0 Å². The van der Waals surface area contributed by atoms with E-state index in [4.69, 9.17) is 15.0 Å². The lowest BCUT2D eigenvalue weighted by atomic mass is 10.2. The molecule has 0 spiro atoms. The number of aromatic nitrogens is 5. The number of hydrogen-bond donors (Lipinski definition) is 2. The molecule has 0 aliphatic carbocycles. The van der Waals surface area contributed by atoms with Crippen LogP contribution in [0, 0.1) is 0 Å². The number of rotatable bonds is 6. The first-order chi connectivity index (χ1) is 13.7. The van der Waals surface area contributed by atoms with Crippen molar-refractivity contribution < 1.29 is 9.26 Å². The fourth-order valence-corrected chi connectivity index (χ4v) is 2.54. The van der Waals surface area contributed by atoms with E-state index in [0.717, 1.165) is 17.0 Å². The van der Waals surface area contributed by atoms with E-state index in [1.54, 1.807) is 7.11 Å². The van der Waals surface area contributed by atoms with E-state index < -0.39 is 0 Å².